The summed E-state index contributed by atoms with van der Waals surface area (Å²) in [4.78, 5) is 12.0. The zero-order chi connectivity index (χ0) is 22.8. The molecule has 1 N–H and O–H groups in total. The normalized spacial score (nSPS) is 11.6. The van der Waals surface area contributed by atoms with Crippen LogP contribution in [0, 0.1) is 0 Å². The van der Waals surface area contributed by atoms with E-state index in [1.807, 2.05) is 0 Å². The molecule has 0 bridgehead atoms. The van der Waals surface area contributed by atoms with E-state index in [1.54, 1.807) is 0 Å². The third-order valence-corrected chi connectivity index (χ3v) is 5.79. The van der Waals surface area contributed by atoms with E-state index >= 15 is 0 Å². The van der Waals surface area contributed by atoms with Crippen LogP contribution in [0.25, 0.3) is 0 Å². The SMILES string of the molecule is CCCCCCCCCCCCCCCCCCNC(=O)c1ccc(C(F)(F)F)cc1. The number of carbonyl (C=O) groups is 1. The number of halogens is 3. The number of alkyl halides is 3. The maximum atomic E-state index is 12.5. The Kier molecular flexibility index (Phi) is 15.2. The van der Waals surface area contributed by atoms with Crippen LogP contribution in [0.15, 0.2) is 24.3 Å². The minimum absolute atomic E-state index is 0.268. The van der Waals surface area contributed by atoms with Gasteiger partial charge in [0.05, 0.1) is 5.56 Å². The molecule has 0 heterocycles. The molecule has 178 valence electrons. The number of nitrogens with one attached hydrogen (secondary N) is 1. The molecule has 0 unspecified atom stereocenters. The second-order valence-corrected chi connectivity index (χ2v) is 8.63. The van der Waals surface area contributed by atoms with E-state index in [4.69, 9.17) is 0 Å². The van der Waals surface area contributed by atoms with Gasteiger partial charge in [-0.25, -0.2) is 0 Å². The Labute approximate surface area is 187 Å². The second-order valence-electron chi connectivity index (χ2n) is 8.63. The summed E-state index contributed by atoms with van der Waals surface area (Å²) >= 11 is 0. The van der Waals surface area contributed by atoms with Gasteiger partial charge in [0.25, 0.3) is 5.91 Å². The van der Waals surface area contributed by atoms with Crippen LogP contribution in [0.3, 0.4) is 0 Å². The van der Waals surface area contributed by atoms with E-state index in [9.17, 15) is 18.0 Å². The molecule has 1 amide bonds. The van der Waals surface area contributed by atoms with Crippen molar-refractivity contribution < 1.29 is 18.0 Å². The van der Waals surface area contributed by atoms with Gasteiger partial charge in [0.1, 0.15) is 0 Å². The smallest absolute Gasteiger partial charge is 0.352 e. The van der Waals surface area contributed by atoms with Crippen molar-refractivity contribution in [2.45, 2.75) is 116 Å². The van der Waals surface area contributed by atoms with Crippen LogP contribution in [0.5, 0.6) is 0 Å². The fourth-order valence-electron chi connectivity index (χ4n) is 3.79. The van der Waals surface area contributed by atoms with E-state index in [-0.39, 0.29) is 11.5 Å². The van der Waals surface area contributed by atoms with Gasteiger partial charge in [-0.05, 0) is 30.7 Å². The highest BCUT2D eigenvalue weighted by Crippen LogP contribution is 2.29. The van der Waals surface area contributed by atoms with Crippen LogP contribution >= 0.6 is 0 Å². The first-order valence-electron chi connectivity index (χ1n) is 12.4. The predicted molar refractivity (Wildman–Crippen MR) is 123 cm³/mol. The highest BCUT2D eigenvalue weighted by atomic mass is 19.4. The maximum Gasteiger partial charge on any atom is 0.416 e. The van der Waals surface area contributed by atoms with E-state index in [0.29, 0.717) is 6.54 Å². The molecule has 31 heavy (non-hydrogen) atoms. The molecule has 0 aliphatic carbocycles. The van der Waals surface area contributed by atoms with Gasteiger partial charge in [-0.1, -0.05) is 103 Å². The van der Waals surface area contributed by atoms with E-state index < -0.39 is 11.7 Å². The van der Waals surface area contributed by atoms with Crippen molar-refractivity contribution in [2.24, 2.45) is 0 Å². The van der Waals surface area contributed by atoms with Crippen molar-refractivity contribution in [3.05, 3.63) is 35.4 Å². The number of hydrogen-bond acceptors (Lipinski definition) is 1. The van der Waals surface area contributed by atoms with Crippen LogP contribution in [-0.4, -0.2) is 12.5 Å². The number of rotatable bonds is 18. The van der Waals surface area contributed by atoms with Crippen molar-refractivity contribution in [2.75, 3.05) is 6.54 Å². The highest BCUT2D eigenvalue weighted by Gasteiger charge is 2.30. The zero-order valence-corrected chi connectivity index (χ0v) is 19.4. The molecular formula is C26H42F3NO. The highest BCUT2D eigenvalue weighted by molar-refractivity contribution is 5.94. The Balaban J connectivity index is 1.89. The van der Waals surface area contributed by atoms with Crippen LogP contribution < -0.4 is 5.32 Å². The lowest BCUT2D eigenvalue weighted by molar-refractivity contribution is -0.137. The summed E-state index contributed by atoms with van der Waals surface area (Å²) < 4.78 is 37.6. The number of hydrogen-bond donors (Lipinski definition) is 1. The fraction of sp³-hybridized carbons (Fsp3) is 0.731. The topological polar surface area (TPSA) is 29.1 Å². The first kappa shape index (κ1) is 27.5. The monoisotopic (exact) mass is 441 g/mol. The van der Waals surface area contributed by atoms with Gasteiger partial charge in [0, 0.05) is 12.1 Å². The molecule has 0 radical (unpaired) electrons. The van der Waals surface area contributed by atoms with Gasteiger partial charge >= 0.3 is 6.18 Å². The van der Waals surface area contributed by atoms with Gasteiger partial charge in [-0.2, -0.15) is 13.2 Å². The minimum Gasteiger partial charge on any atom is -0.352 e. The summed E-state index contributed by atoms with van der Waals surface area (Å²) in [6.45, 7) is 2.83. The molecule has 0 saturated heterocycles. The van der Waals surface area contributed by atoms with E-state index in [2.05, 4.69) is 12.2 Å². The van der Waals surface area contributed by atoms with Crippen LogP contribution in [-0.2, 0) is 6.18 Å². The molecule has 0 saturated carbocycles. The number of carbonyl (C=O) groups excluding carboxylic acids is 1. The lowest BCUT2D eigenvalue weighted by atomic mass is 10.0. The van der Waals surface area contributed by atoms with Gasteiger partial charge in [-0.15, -0.1) is 0 Å². The lowest BCUT2D eigenvalue weighted by Crippen LogP contribution is -2.24. The molecular weight excluding hydrogens is 399 g/mol. The Morgan fingerprint density at radius 1 is 0.677 bits per heavy atom. The summed E-state index contributed by atoms with van der Waals surface area (Å²) in [6, 6.07) is 4.35. The molecule has 0 fully saturated rings. The summed E-state index contributed by atoms with van der Waals surface area (Å²) in [5, 5.41) is 2.79. The Morgan fingerprint density at radius 2 is 1.06 bits per heavy atom. The number of amides is 1. The average Bonchev–Trinajstić information content (AvgIpc) is 2.75. The van der Waals surface area contributed by atoms with Crippen molar-refractivity contribution in [3.8, 4) is 0 Å². The van der Waals surface area contributed by atoms with Crippen LogP contribution in [0.4, 0.5) is 13.2 Å². The summed E-state index contributed by atoms with van der Waals surface area (Å²) in [5.74, 6) is -0.310. The van der Waals surface area contributed by atoms with E-state index in [0.717, 1.165) is 25.0 Å². The van der Waals surface area contributed by atoms with E-state index in [1.165, 1.54) is 102 Å². The molecule has 1 aromatic rings. The largest absolute Gasteiger partial charge is 0.416 e. The molecule has 5 heteroatoms. The fourth-order valence-corrected chi connectivity index (χ4v) is 3.79. The Bertz CT molecular complexity index is 569. The van der Waals surface area contributed by atoms with Gasteiger partial charge in [0.15, 0.2) is 0 Å². The zero-order valence-electron chi connectivity index (χ0n) is 19.4. The molecule has 0 aromatic heterocycles. The Morgan fingerprint density at radius 3 is 1.45 bits per heavy atom. The molecule has 0 aliphatic heterocycles. The summed E-state index contributed by atoms with van der Waals surface area (Å²) in [5.41, 5.74) is -0.466. The predicted octanol–water partition coefficient (Wildman–Crippen LogP) is 8.70. The molecule has 0 aliphatic rings. The van der Waals surface area contributed by atoms with Crippen molar-refractivity contribution >= 4 is 5.91 Å². The first-order valence-corrected chi connectivity index (χ1v) is 12.4. The van der Waals surface area contributed by atoms with Crippen LogP contribution in [0.2, 0.25) is 0 Å². The molecule has 1 aromatic carbocycles. The minimum atomic E-state index is -4.37. The summed E-state index contributed by atoms with van der Waals surface area (Å²) in [7, 11) is 0. The lowest BCUT2D eigenvalue weighted by Gasteiger charge is -2.08. The molecule has 2 nitrogen and oxygen atoms in total. The van der Waals surface area contributed by atoms with Crippen molar-refractivity contribution in [3.63, 3.8) is 0 Å². The third kappa shape index (κ3) is 14.2. The molecule has 0 spiro atoms. The number of benzene rings is 1. The average molecular weight is 442 g/mol. The van der Waals surface area contributed by atoms with Crippen LogP contribution in [0.1, 0.15) is 126 Å². The van der Waals surface area contributed by atoms with Gasteiger partial charge in [0.2, 0.25) is 0 Å². The molecule has 1 rings (SSSR count). The molecule has 0 atom stereocenters. The van der Waals surface area contributed by atoms with Gasteiger partial charge in [-0.3, -0.25) is 4.79 Å². The quantitative estimate of drug-likeness (QED) is 0.227. The maximum absolute atomic E-state index is 12.5. The van der Waals surface area contributed by atoms with Gasteiger partial charge < -0.3 is 5.32 Å². The first-order chi connectivity index (χ1) is 14.9. The standard InChI is InChI=1S/C26H42F3NO/c1-2-3-4-5-6-7-8-9-10-11-12-13-14-15-16-17-22-30-25(31)23-18-20-24(21-19-23)26(27,28)29/h18-21H,2-17,22H2,1H3,(H,30,31). The van der Waals surface area contributed by atoms with Crippen molar-refractivity contribution in [1.29, 1.82) is 0 Å². The second kappa shape index (κ2) is 17.1. The Hall–Kier alpha value is -1.52. The van der Waals surface area contributed by atoms with Crippen molar-refractivity contribution in [1.82, 2.24) is 5.32 Å². The summed E-state index contributed by atoms with van der Waals surface area (Å²) in [6.07, 6.45) is 16.5. The third-order valence-electron chi connectivity index (χ3n) is 5.79. The number of unbranched alkanes of at least 4 members (excludes halogenated alkanes) is 15.